The van der Waals surface area contributed by atoms with Gasteiger partial charge in [-0.25, -0.2) is 14.6 Å². The Kier molecular flexibility index (Phi) is 21.2. The SMILES string of the molecule is Cc1c2oc3c(C)ccc(C(=O)NC4C(=O)NC(C(C)C)C(=O)N5CCCC5C(=O)N(C)CC(=O)N(C)C(C(C)C)C(=O)OC4C)c3nc-2c(C(=O)CC2C(=O)NC(C(C)C)C(=O)N3CCCC3C(=O)N(C)CC(=O)N(C)C(C(C)C)C(=O)OC2C)c(N)c1=O. The van der Waals surface area contributed by atoms with Crippen molar-refractivity contribution in [1.82, 2.24) is 50.3 Å². The van der Waals surface area contributed by atoms with Crippen molar-refractivity contribution in [2.45, 2.75) is 170 Å². The first-order valence-corrected chi connectivity index (χ1v) is 30.8. The minimum atomic E-state index is -1.77. The lowest BCUT2D eigenvalue weighted by Gasteiger charge is -2.36. The summed E-state index contributed by atoms with van der Waals surface area (Å²) in [6.45, 7) is 18.6. The van der Waals surface area contributed by atoms with E-state index in [1.54, 1.807) is 62.3 Å². The number of rotatable bonds is 9. The van der Waals surface area contributed by atoms with Crippen LogP contribution < -0.4 is 27.1 Å². The van der Waals surface area contributed by atoms with Gasteiger partial charge in [-0.2, -0.15) is 0 Å². The first kappa shape index (κ1) is 69.0. The van der Waals surface area contributed by atoms with Gasteiger partial charge in [0.25, 0.3) is 5.91 Å². The number of nitrogens with two attached hydrogens (primary N) is 1. The van der Waals surface area contributed by atoms with Crippen molar-refractivity contribution in [3.8, 4) is 11.5 Å². The first-order valence-electron chi connectivity index (χ1n) is 30.8. The number of nitrogen functional groups attached to an aromatic ring is 1. The Balaban J connectivity index is 1.32. The fourth-order valence-corrected chi connectivity index (χ4v) is 12.5. The Labute approximate surface area is 523 Å². The molecular formula is C63H87N11O16. The van der Waals surface area contributed by atoms with Crippen LogP contribution in [0.15, 0.2) is 21.3 Å². The Bertz CT molecular complexity index is 3410. The number of hydrogen-bond donors (Lipinski definition) is 4. The van der Waals surface area contributed by atoms with Crippen molar-refractivity contribution in [3.05, 3.63) is 44.6 Å². The van der Waals surface area contributed by atoms with Gasteiger partial charge in [0.2, 0.25) is 52.7 Å². The molecule has 10 atom stereocenters. The number of esters is 2. The highest BCUT2D eigenvalue weighted by Gasteiger charge is 2.46. The molecule has 0 bridgehead atoms. The van der Waals surface area contributed by atoms with E-state index in [1.807, 2.05) is 0 Å². The fraction of sp³-hybridized carbons (Fsp3) is 0.619. The average molecular weight is 1250 g/mol. The van der Waals surface area contributed by atoms with Gasteiger partial charge in [-0.1, -0.05) is 61.5 Å². The summed E-state index contributed by atoms with van der Waals surface area (Å²) in [5.41, 5.74) is 4.00. The molecular weight excluding hydrogens is 1170 g/mol. The second-order valence-corrected chi connectivity index (χ2v) is 25.8. The molecule has 5 N–H and O–H groups in total. The maximum Gasteiger partial charge on any atom is 0.329 e. The quantitative estimate of drug-likeness (QED) is 0.103. The van der Waals surface area contributed by atoms with Gasteiger partial charge >= 0.3 is 11.9 Å². The molecule has 4 saturated heterocycles. The number of fused-ring (bicyclic) bond motifs is 4. The molecule has 27 heteroatoms. The zero-order valence-electron chi connectivity index (χ0n) is 54.3. The molecule has 1 aromatic carbocycles. The molecule has 7 rings (SSSR count). The summed E-state index contributed by atoms with van der Waals surface area (Å²) < 4.78 is 18.4. The minimum absolute atomic E-state index is 0.0559. The van der Waals surface area contributed by atoms with Crippen molar-refractivity contribution in [1.29, 1.82) is 0 Å². The highest BCUT2D eigenvalue weighted by molar-refractivity contribution is 6.11. The van der Waals surface area contributed by atoms with Crippen LogP contribution in [0.1, 0.15) is 133 Å². The molecule has 27 nitrogen and oxygen atoms in total. The third-order valence-electron chi connectivity index (χ3n) is 17.8. The summed E-state index contributed by atoms with van der Waals surface area (Å²) in [6, 6.07) is -5.88. The van der Waals surface area contributed by atoms with Crippen LogP contribution in [0.5, 0.6) is 0 Å². The summed E-state index contributed by atoms with van der Waals surface area (Å²) in [5, 5.41) is 8.20. The number of carbonyl (C=O) groups is 12. The second kappa shape index (κ2) is 27.7. The number of nitrogens with one attached hydrogen (secondary N) is 3. The number of nitrogens with zero attached hydrogens (tertiary/aromatic N) is 7. The number of cyclic esters (lactones) is 2. The van der Waals surface area contributed by atoms with E-state index in [-0.39, 0.29) is 59.6 Å². The van der Waals surface area contributed by atoms with E-state index in [9.17, 15) is 52.7 Å². The van der Waals surface area contributed by atoms with Gasteiger partial charge in [0.1, 0.15) is 65.7 Å². The first-order chi connectivity index (χ1) is 42.1. The van der Waals surface area contributed by atoms with Crippen molar-refractivity contribution < 1.29 is 71.4 Å². The molecule has 1 aliphatic carbocycles. The van der Waals surface area contributed by atoms with Gasteiger partial charge in [0.15, 0.2) is 17.1 Å². The van der Waals surface area contributed by atoms with Gasteiger partial charge in [-0.05, 0) is 88.7 Å². The number of aryl methyl sites for hydroxylation is 1. The largest absolute Gasteiger partial charge is 0.460 e. The smallest absolute Gasteiger partial charge is 0.329 e. The highest BCUT2D eigenvalue weighted by atomic mass is 16.6. The van der Waals surface area contributed by atoms with E-state index >= 15 is 9.59 Å². The third-order valence-corrected chi connectivity index (χ3v) is 17.8. The number of ketones is 1. The highest BCUT2D eigenvalue weighted by Crippen LogP contribution is 2.37. The van der Waals surface area contributed by atoms with Gasteiger partial charge in [-0.3, -0.25) is 52.7 Å². The predicted molar refractivity (Wildman–Crippen MR) is 327 cm³/mol. The zero-order valence-corrected chi connectivity index (χ0v) is 54.3. The van der Waals surface area contributed by atoms with Crippen molar-refractivity contribution >= 4 is 87.7 Å². The van der Waals surface area contributed by atoms with E-state index < -0.39 is 191 Å². The maximum atomic E-state index is 15.3. The summed E-state index contributed by atoms with van der Waals surface area (Å²) in [4.78, 5) is 200. The Hall–Kier alpha value is -8.52. The number of benzene rings is 2. The van der Waals surface area contributed by atoms with E-state index in [0.717, 1.165) is 9.80 Å². The molecule has 0 aromatic heterocycles. The summed E-state index contributed by atoms with van der Waals surface area (Å²) in [6.07, 6.45) is -2.35. The van der Waals surface area contributed by atoms with Crippen LogP contribution in [0.3, 0.4) is 0 Å². The third kappa shape index (κ3) is 13.8. The molecule has 10 unspecified atom stereocenters. The predicted octanol–water partition coefficient (Wildman–Crippen LogP) is 1.82. The van der Waals surface area contributed by atoms with Crippen LogP contribution in [-0.2, 0) is 57.4 Å². The van der Waals surface area contributed by atoms with E-state index in [0.29, 0.717) is 18.4 Å². The number of anilines is 1. The van der Waals surface area contributed by atoms with E-state index in [1.165, 1.54) is 80.7 Å². The van der Waals surface area contributed by atoms with Crippen LogP contribution in [0.25, 0.3) is 22.6 Å². The summed E-state index contributed by atoms with van der Waals surface area (Å²) >= 11 is 0. The molecule has 9 amide bonds. The van der Waals surface area contributed by atoms with Crippen LogP contribution >= 0.6 is 0 Å². The van der Waals surface area contributed by atoms with E-state index in [2.05, 4.69) is 16.0 Å². The molecule has 1 aromatic rings. The molecule has 0 spiro atoms. The van der Waals surface area contributed by atoms with Crippen molar-refractivity contribution in [2.24, 2.45) is 29.6 Å². The number of ether oxygens (including phenoxy) is 2. The standard InChI is InChI=1S/C63H87N11O16/c1-28(2)45-60(84)73-23-17-19-38(73)58(82)69(13)26-41(76)71(15)50(30(5)6)62(86)88-34(11)37(56(80)66-45)25-40(75)43-44(64)52(78)33(10)54-49(43)65-48-36(22-21-32(9)53(48)90-54)55(79)68-47-35(12)89-63(87)51(31(7)8)72(16)42(77)27-70(14)59(83)39-20-18-24-74(39)61(85)46(29(3)4)67-57(47)81/h21-22,28-31,34-35,37-39,45-47,50-51H,17-20,23-27,64H2,1-16H3,(H,66,80)(H,67,81)(H,68,79). The van der Waals surface area contributed by atoms with Gasteiger partial charge < -0.3 is 65.0 Å². The van der Waals surface area contributed by atoms with Crippen LogP contribution in [-0.4, -0.2) is 214 Å². The number of Topliss-reactive ketones (excluding diaryl/α,β-unsaturated/α-hetero) is 1. The summed E-state index contributed by atoms with van der Waals surface area (Å²) in [5.74, 6) is -13.4. The molecule has 90 heavy (non-hydrogen) atoms. The number of amides is 9. The average Bonchev–Trinajstić information content (AvgIpc) is 0.893. The topological polar surface area (TPSA) is 348 Å². The lowest BCUT2D eigenvalue weighted by atomic mass is 9.89. The van der Waals surface area contributed by atoms with E-state index in [4.69, 9.17) is 24.6 Å². The lowest BCUT2D eigenvalue weighted by molar-refractivity contribution is -0.164. The summed E-state index contributed by atoms with van der Waals surface area (Å²) in [7, 11) is 5.62. The fourth-order valence-electron chi connectivity index (χ4n) is 12.5. The lowest BCUT2D eigenvalue weighted by Crippen LogP contribution is -2.61. The van der Waals surface area contributed by atoms with Gasteiger partial charge in [0, 0.05) is 53.3 Å². The molecule has 0 saturated carbocycles. The second-order valence-electron chi connectivity index (χ2n) is 25.8. The number of carbonyl (C=O) groups excluding carboxylic acids is 12. The number of likely N-dealkylation sites (N-methyl/N-ethyl adjacent to an activating group) is 4. The monoisotopic (exact) mass is 1250 g/mol. The molecule has 490 valence electrons. The Morgan fingerprint density at radius 1 is 0.656 bits per heavy atom. The van der Waals surface area contributed by atoms with Crippen LogP contribution in [0, 0.1) is 43.4 Å². The molecule has 0 radical (unpaired) electrons. The molecule has 5 heterocycles. The van der Waals surface area contributed by atoms with Crippen LogP contribution in [0.2, 0.25) is 0 Å². The van der Waals surface area contributed by atoms with Gasteiger partial charge in [0.05, 0.1) is 35.8 Å². The Morgan fingerprint density at radius 3 is 1.59 bits per heavy atom. The normalized spacial score (nSPS) is 26.3. The van der Waals surface area contributed by atoms with Crippen molar-refractivity contribution in [3.63, 3.8) is 0 Å². The molecule has 5 aliphatic heterocycles. The molecule has 6 aliphatic rings. The maximum absolute atomic E-state index is 15.3. The number of aromatic nitrogens is 1. The molecule has 4 fully saturated rings. The zero-order chi connectivity index (χ0) is 67.0. The van der Waals surface area contributed by atoms with Crippen LogP contribution in [0.4, 0.5) is 5.69 Å². The minimum Gasteiger partial charge on any atom is -0.460 e. The van der Waals surface area contributed by atoms with Gasteiger partial charge in [-0.15, -0.1) is 0 Å². The Morgan fingerprint density at radius 2 is 1.12 bits per heavy atom. The number of hydrogen-bond acceptors (Lipinski definition) is 18. The van der Waals surface area contributed by atoms with Crippen molar-refractivity contribution in [2.75, 3.05) is 60.1 Å².